The van der Waals surface area contributed by atoms with Gasteiger partial charge in [-0.3, -0.25) is 4.79 Å². The first-order valence-corrected chi connectivity index (χ1v) is 11.9. The number of rotatable bonds is 9. The van der Waals surface area contributed by atoms with Gasteiger partial charge in [-0.05, 0) is 72.9 Å². The molecule has 31 heavy (non-hydrogen) atoms. The average molecular weight is 416 g/mol. The molecule has 1 atom stereocenters. The van der Waals surface area contributed by atoms with Gasteiger partial charge >= 0.3 is 0 Å². The summed E-state index contributed by atoms with van der Waals surface area (Å²) in [6, 6.07) is 17.6. The number of hydrogen-bond donors (Lipinski definition) is 0. The predicted molar refractivity (Wildman–Crippen MR) is 126 cm³/mol. The van der Waals surface area contributed by atoms with E-state index in [0.29, 0.717) is 24.0 Å². The van der Waals surface area contributed by atoms with Crippen LogP contribution in [-0.4, -0.2) is 25.5 Å². The van der Waals surface area contributed by atoms with Crippen molar-refractivity contribution in [3.8, 4) is 5.75 Å². The predicted octanol–water partition coefficient (Wildman–Crippen LogP) is 6.11. The molecule has 3 nitrogen and oxygen atoms in total. The van der Waals surface area contributed by atoms with Crippen LogP contribution in [0, 0.1) is 11.8 Å². The third-order valence-electron chi connectivity index (χ3n) is 7.21. The second-order valence-electron chi connectivity index (χ2n) is 9.73. The fourth-order valence-electron chi connectivity index (χ4n) is 4.72. The smallest absolute Gasteiger partial charge is 0.137 e. The van der Waals surface area contributed by atoms with Gasteiger partial charge in [-0.25, -0.2) is 0 Å². The molecule has 0 radical (unpaired) electrons. The number of carbonyl (C=O) groups excluding carboxylic acids is 1. The van der Waals surface area contributed by atoms with Crippen molar-refractivity contribution in [3.63, 3.8) is 0 Å². The number of nitrogens with zero attached hydrogens (tertiary/aromatic N) is 1. The standard InChI is InChI=1S/C28H33NO2/c1-20(16-28(30)24-4-2-3-5-24)22-8-10-23(11-9-22)25-17-29(18-25)26-12-14-27(15-13-26)31-19-21-6-7-21/h2-3,8-15,20-21,24-25H,4-7,16-19H2,1H3/t20-/m1/s1. The van der Waals surface area contributed by atoms with Crippen molar-refractivity contribution in [2.75, 3.05) is 24.6 Å². The summed E-state index contributed by atoms with van der Waals surface area (Å²) >= 11 is 0. The quantitative estimate of drug-likeness (QED) is 0.463. The normalized spacial score (nSPS) is 20.0. The lowest BCUT2D eigenvalue weighted by Crippen LogP contribution is -2.45. The third kappa shape index (κ3) is 4.87. The molecule has 2 aliphatic carbocycles. The minimum Gasteiger partial charge on any atom is -0.493 e. The SMILES string of the molecule is C[C@H](CC(=O)C1CC=CC1)c1ccc(C2CN(c3ccc(OCC4CC4)cc3)C2)cc1. The Bertz CT molecular complexity index is 912. The number of ether oxygens (including phenoxy) is 1. The van der Waals surface area contributed by atoms with Gasteiger partial charge in [-0.1, -0.05) is 43.3 Å². The van der Waals surface area contributed by atoms with Gasteiger partial charge in [0.1, 0.15) is 11.5 Å². The first-order valence-electron chi connectivity index (χ1n) is 11.9. The molecule has 2 aromatic rings. The van der Waals surface area contributed by atoms with Crippen molar-refractivity contribution < 1.29 is 9.53 Å². The molecule has 0 bridgehead atoms. The van der Waals surface area contributed by atoms with Crippen LogP contribution in [0.3, 0.4) is 0 Å². The molecule has 0 aromatic heterocycles. The summed E-state index contributed by atoms with van der Waals surface area (Å²) in [6.45, 7) is 5.17. The number of ketones is 1. The summed E-state index contributed by atoms with van der Waals surface area (Å²) < 4.78 is 5.85. The lowest BCUT2D eigenvalue weighted by Gasteiger charge is -2.41. The van der Waals surface area contributed by atoms with Crippen LogP contribution in [0.2, 0.25) is 0 Å². The topological polar surface area (TPSA) is 29.5 Å². The van der Waals surface area contributed by atoms with Crippen molar-refractivity contribution in [1.82, 2.24) is 0 Å². The molecule has 1 aliphatic heterocycles. The summed E-state index contributed by atoms with van der Waals surface area (Å²) in [5.74, 6) is 3.29. The van der Waals surface area contributed by atoms with Crippen LogP contribution < -0.4 is 9.64 Å². The number of allylic oxidation sites excluding steroid dienone is 2. The highest BCUT2D eigenvalue weighted by atomic mass is 16.5. The Morgan fingerprint density at radius 3 is 2.32 bits per heavy atom. The molecule has 0 unspecified atom stereocenters. The minimum absolute atomic E-state index is 0.224. The maximum atomic E-state index is 12.5. The Hall–Kier alpha value is -2.55. The summed E-state index contributed by atoms with van der Waals surface area (Å²) in [6.07, 6.45) is 9.44. The van der Waals surface area contributed by atoms with Crippen molar-refractivity contribution in [3.05, 3.63) is 71.8 Å². The molecule has 1 saturated heterocycles. The van der Waals surface area contributed by atoms with E-state index in [1.165, 1.54) is 29.7 Å². The maximum Gasteiger partial charge on any atom is 0.137 e. The van der Waals surface area contributed by atoms with Crippen LogP contribution in [0.15, 0.2) is 60.7 Å². The van der Waals surface area contributed by atoms with Crippen LogP contribution in [-0.2, 0) is 4.79 Å². The molecular formula is C28H33NO2. The zero-order valence-corrected chi connectivity index (χ0v) is 18.5. The van der Waals surface area contributed by atoms with Gasteiger partial charge in [0, 0.05) is 37.0 Å². The largest absolute Gasteiger partial charge is 0.493 e. The minimum atomic E-state index is 0.224. The molecule has 1 heterocycles. The van der Waals surface area contributed by atoms with Gasteiger partial charge in [-0.2, -0.15) is 0 Å². The van der Waals surface area contributed by atoms with Gasteiger partial charge in [-0.15, -0.1) is 0 Å². The van der Waals surface area contributed by atoms with E-state index in [4.69, 9.17) is 4.74 Å². The number of carbonyl (C=O) groups is 1. The van der Waals surface area contributed by atoms with Crippen molar-refractivity contribution in [2.45, 2.75) is 50.9 Å². The molecule has 0 amide bonds. The van der Waals surface area contributed by atoms with E-state index in [1.54, 1.807) is 0 Å². The van der Waals surface area contributed by atoms with E-state index in [2.05, 4.69) is 72.5 Å². The van der Waals surface area contributed by atoms with Crippen LogP contribution in [0.1, 0.15) is 62.0 Å². The van der Waals surface area contributed by atoms with Crippen molar-refractivity contribution in [2.24, 2.45) is 11.8 Å². The maximum absolute atomic E-state index is 12.5. The van der Waals surface area contributed by atoms with Crippen molar-refractivity contribution in [1.29, 1.82) is 0 Å². The average Bonchev–Trinajstić information content (AvgIpc) is 3.42. The first-order chi connectivity index (χ1) is 15.2. The fourth-order valence-corrected chi connectivity index (χ4v) is 4.72. The highest BCUT2D eigenvalue weighted by molar-refractivity contribution is 5.82. The second kappa shape index (κ2) is 8.90. The Kier molecular flexibility index (Phi) is 5.85. The third-order valence-corrected chi connectivity index (χ3v) is 7.21. The molecule has 5 rings (SSSR count). The number of hydrogen-bond acceptors (Lipinski definition) is 3. The van der Waals surface area contributed by atoms with E-state index < -0.39 is 0 Å². The number of Topliss-reactive ketones (excluding diaryl/α,β-unsaturated/α-hetero) is 1. The Balaban J connectivity index is 1.10. The lowest BCUT2D eigenvalue weighted by molar-refractivity contribution is -0.122. The summed E-state index contributed by atoms with van der Waals surface area (Å²) in [5.41, 5.74) is 3.96. The zero-order chi connectivity index (χ0) is 21.2. The van der Waals surface area contributed by atoms with Gasteiger partial charge in [0.05, 0.1) is 6.61 Å². The Morgan fingerprint density at radius 1 is 1.00 bits per heavy atom. The second-order valence-corrected chi connectivity index (χ2v) is 9.73. The highest BCUT2D eigenvalue weighted by Gasteiger charge is 2.29. The number of benzene rings is 2. The Labute approximate surface area is 186 Å². The monoisotopic (exact) mass is 415 g/mol. The molecular weight excluding hydrogens is 382 g/mol. The van der Waals surface area contributed by atoms with E-state index >= 15 is 0 Å². The van der Waals surface area contributed by atoms with Crippen LogP contribution in [0.25, 0.3) is 0 Å². The van der Waals surface area contributed by atoms with Crippen LogP contribution in [0.5, 0.6) is 5.75 Å². The van der Waals surface area contributed by atoms with E-state index in [0.717, 1.165) is 44.2 Å². The van der Waals surface area contributed by atoms with Gasteiger partial charge in [0.2, 0.25) is 0 Å². The molecule has 3 aliphatic rings. The molecule has 1 saturated carbocycles. The summed E-state index contributed by atoms with van der Waals surface area (Å²) in [7, 11) is 0. The number of anilines is 1. The summed E-state index contributed by atoms with van der Waals surface area (Å²) in [4.78, 5) is 14.9. The highest BCUT2D eigenvalue weighted by Crippen LogP contribution is 2.34. The van der Waals surface area contributed by atoms with E-state index in [-0.39, 0.29) is 5.92 Å². The zero-order valence-electron chi connectivity index (χ0n) is 18.5. The fraction of sp³-hybridized carbons (Fsp3) is 0.464. The molecule has 3 heteroatoms. The molecule has 0 N–H and O–H groups in total. The summed E-state index contributed by atoms with van der Waals surface area (Å²) in [5, 5.41) is 0. The van der Waals surface area contributed by atoms with E-state index in [1.807, 2.05) is 0 Å². The van der Waals surface area contributed by atoms with Crippen LogP contribution >= 0.6 is 0 Å². The molecule has 0 spiro atoms. The van der Waals surface area contributed by atoms with Crippen LogP contribution in [0.4, 0.5) is 5.69 Å². The van der Waals surface area contributed by atoms with E-state index in [9.17, 15) is 4.79 Å². The van der Waals surface area contributed by atoms with Crippen molar-refractivity contribution >= 4 is 11.5 Å². The van der Waals surface area contributed by atoms with Gasteiger partial charge in [0.15, 0.2) is 0 Å². The Morgan fingerprint density at radius 2 is 1.68 bits per heavy atom. The van der Waals surface area contributed by atoms with Gasteiger partial charge < -0.3 is 9.64 Å². The lowest BCUT2D eigenvalue weighted by atomic mass is 9.86. The molecule has 2 aromatic carbocycles. The molecule has 2 fully saturated rings. The first kappa shape index (κ1) is 20.4. The molecule has 162 valence electrons. The van der Waals surface area contributed by atoms with Gasteiger partial charge in [0.25, 0.3) is 0 Å².